The number of aromatic nitrogens is 2. The fourth-order valence-electron chi connectivity index (χ4n) is 3.45. The Hall–Kier alpha value is -2.83. The minimum atomic E-state index is -0.511. The van der Waals surface area contributed by atoms with E-state index in [-0.39, 0.29) is 11.8 Å². The second-order valence-electron chi connectivity index (χ2n) is 6.49. The van der Waals surface area contributed by atoms with E-state index in [0.29, 0.717) is 18.8 Å². The molecule has 7 nitrogen and oxygen atoms in total. The molecule has 2 fully saturated rings. The van der Waals surface area contributed by atoms with Crippen LogP contribution in [0.25, 0.3) is 0 Å². The Labute approximate surface area is 145 Å². The molecular formula is C18H20N4O3. The standard InChI is InChI=1S/C18H20N4O3/c1-25-14-5-3-13(4-6-14)18(7-8-18)17(24)22-10-2-9-21(22)16(23)15-11-19-12-20-15/h3-6,11-12H,2,7-10H2,1H3,(H,19,20). The number of nitrogens with one attached hydrogen (secondary N) is 1. The molecule has 4 rings (SSSR count). The van der Waals surface area contributed by atoms with Crippen LogP contribution in [0.5, 0.6) is 5.75 Å². The molecular weight excluding hydrogens is 320 g/mol. The van der Waals surface area contributed by atoms with Crippen molar-refractivity contribution in [3.8, 4) is 5.75 Å². The molecule has 0 unspecified atom stereocenters. The quantitative estimate of drug-likeness (QED) is 0.919. The summed E-state index contributed by atoms with van der Waals surface area (Å²) >= 11 is 0. The summed E-state index contributed by atoms with van der Waals surface area (Å²) in [5, 5.41) is 3.15. The van der Waals surface area contributed by atoms with Crippen molar-refractivity contribution in [1.82, 2.24) is 20.0 Å². The monoisotopic (exact) mass is 340 g/mol. The number of carbonyl (C=O) groups is 2. The molecule has 0 radical (unpaired) electrons. The average molecular weight is 340 g/mol. The van der Waals surface area contributed by atoms with Crippen LogP contribution in [0, 0.1) is 0 Å². The maximum atomic E-state index is 13.2. The maximum absolute atomic E-state index is 13.2. The van der Waals surface area contributed by atoms with Gasteiger partial charge in [-0.3, -0.25) is 14.6 Å². The summed E-state index contributed by atoms with van der Waals surface area (Å²) < 4.78 is 5.19. The maximum Gasteiger partial charge on any atom is 0.290 e. The SMILES string of the molecule is COc1ccc(C2(C(=O)N3CCCN3C(=O)c3cnc[nH]3)CC2)cc1. The van der Waals surface area contributed by atoms with Crippen molar-refractivity contribution in [2.45, 2.75) is 24.7 Å². The molecule has 2 aromatic rings. The van der Waals surface area contributed by atoms with E-state index < -0.39 is 5.41 Å². The Morgan fingerprint density at radius 3 is 2.48 bits per heavy atom. The Bertz CT molecular complexity index is 781. The topological polar surface area (TPSA) is 78.5 Å². The van der Waals surface area contributed by atoms with Crippen molar-refractivity contribution >= 4 is 11.8 Å². The van der Waals surface area contributed by atoms with Crippen LogP contribution in [-0.2, 0) is 10.2 Å². The van der Waals surface area contributed by atoms with Crippen LogP contribution in [0.2, 0.25) is 0 Å². The van der Waals surface area contributed by atoms with Crippen LogP contribution in [-0.4, -0.2) is 52.0 Å². The van der Waals surface area contributed by atoms with Gasteiger partial charge in [-0.15, -0.1) is 0 Å². The number of imidazole rings is 1. The van der Waals surface area contributed by atoms with Gasteiger partial charge in [-0.2, -0.15) is 0 Å². The molecule has 7 heteroatoms. The normalized spacial score (nSPS) is 18.3. The van der Waals surface area contributed by atoms with E-state index in [1.807, 2.05) is 24.3 Å². The van der Waals surface area contributed by atoms with E-state index in [0.717, 1.165) is 30.6 Å². The summed E-state index contributed by atoms with van der Waals surface area (Å²) in [6, 6.07) is 7.64. The average Bonchev–Trinajstić information content (AvgIpc) is 3.07. The molecule has 1 N–H and O–H groups in total. The lowest BCUT2D eigenvalue weighted by Crippen LogP contribution is -2.49. The van der Waals surface area contributed by atoms with Crippen molar-refractivity contribution in [1.29, 1.82) is 0 Å². The van der Waals surface area contributed by atoms with E-state index >= 15 is 0 Å². The summed E-state index contributed by atoms with van der Waals surface area (Å²) in [7, 11) is 1.62. The number of methoxy groups -OCH3 is 1. The minimum Gasteiger partial charge on any atom is -0.497 e. The van der Waals surface area contributed by atoms with Crippen LogP contribution in [0.3, 0.4) is 0 Å². The molecule has 1 aromatic heterocycles. The number of carbonyl (C=O) groups excluding carboxylic acids is 2. The lowest BCUT2D eigenvalue weighted by atomic mass is 9.94. The minimum absolute atomic E-state index is 0.00281. The highest BCUT2D eigenvalue weighted by Crippen LogP contribution is 2.50. The molecule has 130 valence electrons. The number of amides is 2. The van der Waals surface area contributed by atoms with Crippen molar-refractivity contribution in [3.63, 3.8) is 0 Å². The van der Waals surface area contributed by atoms with Gasteiger partial charge in [-0.1, -0.05) is 12.1 Å². The summed E-state index contributed by atoms with van der Waals surface area (Å²) in [6.45, 7) is 1.11. The molecule has 1 saturated carbocycles. The predicted molar refractivity (Wildman–Crippen MR) is 89.9 cm³/mol. The number of nitrogens with zero attached hydrogens (tertiary/aromatic N) is 3. The second-order valence-corrected chi connectivity index (χ2v) is 6.49. The third-order valence-corrected chi connectivity index (χ3v) is 5.03. The highest BCUT2D eigenvalue weighted by atomic mass is 16.5. The van der Waals surface area contributed by atoms with E-state index in [1.165, 1.54) is 12.5 Å². The Balaban J connectivity index is 1.57. The fourth-order valence-corrected chi connectivity index (χ4v) is 3.45. The molecule has 1 saturated heterocycles. The Morgan fingerprint density at radius 2 is 1.88 bits per heavy atom. The van der Waals surface area contributed by atoms with Crippen molar-refractivity contribution in [2.24, 2.45) is 0 Å². The van der Waals surface area contributed by atoms with Gasteiger partial charge in [0.25, 0.3) is 11.8 Å². The summed E-state index contributed by atoms with van der Waals surface area (Å²) in [4.78, 5) is 32.6. The van der Waals surface area contributed by atoms with Gasteiger partial charge in [0.05, 0.1) is 25.0 Å². The molecule has 2 aliphatic rings. The van der Waals surface area contributed by atoms with E-state index in [1.54, 1.807) is 17.1 Å². The zero-order valence-corrected chi connectivity index (χ0v) is 14.1. The number of benzene rings is 1. The number of hydrogen-bond donors (Lipinski definition) is 1. The van der Waals surface area contributed by atoms with Gasteiger partial charge in [0.2, 0.25) is 0 Å². The first-order valence-electron chi connectivity index (χ1n) is 8.42. The molecule has 0 spiro atoms. The highest BCUT2D eigenvalue weighted by molar-refractivity contribution is 5.97. The molecule has 2 amide bonds. The molecule has 1 aliphatic carbocycles. The van der Waals surface area contributed by atoms with Gasteiger partial charge in [-0.25, -0.2) is 9.99 Å². The first kappa shape index (κ1) is 15.7. The lowest BCUT2D eigenvalue weighted by molar-refractivity contribution is -0.143. The largest absolute Gasteiger partial charge is 0.497 e. The van der Waals surface area contributed by atoms with Gasteiger partial charge in [0.1, 0.15) is 11.4 Å². The Kier molecular flexibility index (Phi) is 3.71. The first-order chi connectivity index (χ1) is 12.2. The number of H-pyrrole nitrogens is 1. The summed E-state index contributed by atoms with van der Waals surface area (Å²) in [5.74, 6) is 0.557. The van der Waals surface area contributed by atoms with Gasteiger partial charge in [0, 0.05) is 13.1 Å². The smallest absolute Gasteiger partial charge is 0.290 e. The molecule has 0 bridgehead atoms. The molecule has 2 heterocycles. The van der Waals surface area contributed by atoms with E-state index in [9.17, 15) is 9.59 Å². The van der Waals surface area contributed by atoms with Crippen LogP contribution in [0.15, 0.2) is 36.8 Å². The zero-order chi connectivity index (χ0) is 17.4. The Morgan fingerprint density at radius 1 is 1.16 bits per heavy atom. The van der Waals surface area contributed by atoms with Gasteiger partial charge in [0.15, 0.2) is 0 Å². The van der Waals surface area contributed by atoms with Gasteiger partial charge in [-0.05, 0) is 37.0 Å². The number of rotatable bonds is 4. The van der Waals surface area contributed by atoms with Crippen LogP contribution >= 0.6 is 0 Å². The molecule has 0 atom stereocenters. The van der Waals surface area contributed by atoms with Crippen LogP contribution in [0.4, 0.5) is 0 Å². The van der Waals surface area contributed by atoms with E-state index in [4.69, 9.17) is 4.74 Å². The van der Waals surface area contributed by atoms with Crippen molar-refractivity contribution in [3.05, 3.63) is 48.0 Å². The number of aromatic amines is 1. The summed E-state index contributed by atoms with van der Waals surface area (Å²) in [5.41, 5.74) is 0.872. The lowest BCUT2D eigenvalue weighted by Gasteiger charge is -2.31. The number of hydrazine groups is 1. The molecule has 1 aliphatic heterocycles. The van der Waals surface area contributed by atoms with Gasteiger partial charge >= 0.3 is 0 Å². The predicted octanol–water partition coefficient (Wildman–Crippen LogP) is 1.74. The molecule has 25 heavy (non-hydrogen) atoms. The van der Waals surface area contributed by atoms with Crippen LogP contribution < -0.4 is 4.74 Å². The van der Waals surface area contributed by atoms with Gasteiger partial charge < -0.3 is 9.72 Å². The van der Waals surface area contributed by atoms with Crippen molar-refractivity contribution in [2.75, 3.05) is 20.2 Å². The third-order valence-electron chi connectivity index (χ3n) is 5.03. The fraction of sp³-hybridized carbons (Fsp3) is 0.389. The highest BCUT2D eigenvalue weighted by Gasteiger charge is 2.55. The zero-order valence-electron chi connectivity index (χ0n) is 14.1. The second kappa shape index (κ2) is 5.91. The molecule has 1 aromatic carbocycles. The van der Waals surface area contributed by atoms with Crippen LogP contribution in [0.1, 0.15) is 35.3 Å². The number of hydrogen-bond acceptors (Lipinski definition) is 4. The third kappa shape index (κ3) is 2.56. The summed E-state index contributed by atoms with van der Waals surface area (Å²) in [6.07, 6.45) is 5.35. The first-order valence-corrected chi connectivity index (χ1v) is 8.42. The van der Waals surface area contributed by atoms with E-state index in [2.05, 4.69) is 9.97 Å². The van der Waals surface area contributed by atoms with Crippen molar-refractivity contribution < 1.29 is 14.3 Å². The number of ether oxygens (including phenoxy) is 1.